The van der Waals surface area contributed by atoms with Crippen molar-refractivity contribution in [3.63, 3.8) is 0 Å². The largest absolute Gasteiger partial charge is 0.460 e. The summed E-state index contributed by atoms with van der Waals surface area (Å²) in [6, 6.07) is -0.426. The lowest BCUT2D eigenvalue weighted by molar-refractivity contribution is -0.145. The Labute approximate surface area is 181 Å². The number of ether oxygens (including phenoxy) is 5. The predicted molar refractivity (Wildman–Crippen MR) is 109 cm³/mol. The Balaban J connectivity index is 2.81. The minimum Gasteiger partial charge on any atom is -0.460 e. The predicted octanol–water partition coefficient (Wildman–Crippen LogP) is 1.40. The van der Waals surface area contributed by atoms with Gasteiger partial charge in [0.2, 0.25) is 0 Å². The second-order valence-corrected chi connectivity index (χ2v) is 6.96. The summed E-state index contributed by atoms with van der Waals surface area (Å²) in [6.07, 6.45) is -1.96. The molecule has 0 saturated heterocycles. The lowest BCUT2D eigenvalue weighted by Gasteiger charge is -2.15. The van der Waals surface area contributed by atoms with E-state index >= 15 is 0 Å². The Morgan fingerprint density at radius 1 is 0.774 bits per heavy atom. The van der Waals surface area contributed by atoms with Crippen molar-refractivity contribution in [1.82, 2.24) is 15.0 Å². The maximum Gasteiger partial charge on any atom is 0.333 e. The lowest BCUT2D eigenvalue weighted by Crippen LogP contribution is -2.24. The van der Waals surface area contributed by atoms with Crippen LogP contribution in [0.1, 0.15) is 34.6 Å². The van der Waals surface area contributed by atoms with Crippen LogP contribution in [0.15, 0.2) is 24.3 Å². The molecule has 0 amide bonds. The fourth-order valence-corrected chi connectivity index (χ4v) is 1.73. The van der Waals surface area contributed by atoms with Gasteiger partial charge in [-0.2, -0.15) is 0 Å². The fraction of sp³-hybridized carbons (Fsp3) is 0.550. The molecule has 0 fully saturated rings. The molecule has 3 atom stereocenters. The van der Waals surface area contributed by atoms with Gasteiger partial charge in [-0.1, -0.05) is 13.2 Å². The van der Waals surface area contributed by atoms with Crippen molar-refractivity contribution in [3.8, 4) is 18.0 Å². The van der Waals surface area contributed by atoms with E-state index in [-0.39, 0.29) is 49.0 Å². The van der Waals surface area contributed by atoms with E-state index in [2.05, 4.69) is 28.1 Å². The van der Waals surface area contributed by atoms with Gasteiger partial charge >= 0.3 is 30.0 Å². The summed E-state index contributed by atoms with van der Waals surface area (Å²) in [6.45, 7) is 14.7. The summed E-state index contributed by atoms with van der Waals surface area (Å²) in [5.74, 6) is -1.09. The molecule has 0 aliphatic rings. The van der Waals surface area contributed by atoms with Gasteiger partial charge in [0, 0.05) is 11.1 Å². The van der Waals surface area contributed by atoms with E-state index in [0.717, 1.165) is 0 Å². The molecule has 0 radical (unpaired) electrons. The van der Waals surface area contributed by atoms with Crippen LogP contribution in [0.2, 0.25) is 0 Å². The number of hydrogen-bond acceptors (Lipinski definition) is 11. The maximum atomic E-state index is 11.6. The topological polar surface area (TPSA) is 139 Å². The summed E-state index contributed by atoms with van der Waals surface area (Å²) >= 11 is 0. The van der Waals surface area contributed by atoms with Crippen molar-refractivity contribution in [2.45, 2.75) is 52.9 Å². The molecule has 0 saturated carbocycles. The zero-order valence-corrected chi connectivity index (χ0v) is 18.4. The number of aromatic nitrogens is 3. The zero-order valence-electron chi connectivity index (χ0n) is 18.4. The molecule has 0 spiro atoms. The van der Waals surface area contributed by atoms with E-state index in [1.165, 1.54) is 20.8 Å². The Morgan fingerprint density at radius 3 is 1.39 bits per heavy atom. The molecule has 31 heavy (non-hydrogen) atoms. The van der Waals surface area contributed by atoms with E-state index in [9.17, 15) is 14.7 Å². The monoisotopic (exact) mass is 439 g/mol. The molecular formula is C20H29N3O8. The molecule has 0 bridgehead atoms. The van der Waals surface area contributed by atoms with Crippen LogP contribution in [0, 0.1) is 0 Å². The molecule has 1 aromatic heterocycles. The van der Waals surface area contributed by atoms with Gasteiger partial charge in [-0.15, -0.1) is 15.0 Å². The minimum absolute atomic E-state index is 0.0507. The van der Waals surface area contributed by atoms with E-state index in [0.29, 0.717) is 0 Å². The van der Waals surface area contributed by atoms with Gasteiger partial charge in [0.15, 0.2) is 0 Å². The van der Waals surface area contributed by atoms with Crippen molar-refractivity contribution in [1.29, 1.82) is 0 Å². The third kappa shape index (κ3) is 10.4. The second-order valence-electron chi connectivity index (χ2n) is 6.96. The summed E-state index contributed by atoms with van der Waals surface area (Å²) in [7, 11) is 0. The summed E-state index contributed by atoms with van der Waals surface area (Å²) in [4.78, 5) is 35.1. The highest BCUT2D eigenvalue weighted by Gasteiger charge is 2.16. The van der Waals surface area contributed by atoms with Gasteiger partial charge in [-0.25, -0.2) is 9.59 Å². The van der Waals surface area contributed by atoms with E-state index in [4.69, 9.17) is 23.7 Å². The minimum atomic E-state index is -0.756. The molecular weight excluding hydrogens is 410 g/mol. The van der Waals surface area contributed by atoms with Crippen molar-refractivity contribution in [3.05, 3.63) is 24.3 Å². The van der Waals surface area contributed by atoms with Crippen LogP contribution in [0.4, 0.5) is 0 Å². The highest BCUT2D eigenvalue weighted by molar-refractivity contribution is 5.87. The fourth-order valence-electron chi connectivity index (χ4n) is 1.73. The third-order valence-electron chi connectivity index (χ3n) is 3.24. The molecule has 0 aromatic carbocycles. The first kappa shape index (κ1) is 25.8. The van der Waals surface area contributed by atoms with Crippen LogP contribution < -0.4 is 14.2 Å². The number of rotatable bonds is 13. The maximum absolute atomic E-state index is 11.6. The Hall–Kier alpha value is -3.21. The Morgan fingerprint density at radius 2 is 1.10 bits per heavy atom. The number of carbonyl (C=O) groups excluding carboxylic acids is 2. The average Bonchev–Trinajstić information content (AvgIpc) is 2.68. The molecule has 1 aromatic rings. The summed E-state index contributed by atoms with van der Waals surface area (Å²) < 4.78 is 26.4. The highest BCUT2D eigenvalue weighted by atomic mass is 16.6. The van der Waals surface area contributed by atoms with Gasteiger partial charge in [-0.05, 0) is 34.6 Å². The van der Waals surface area contributed by atoms with E-state index < -0.39 is 30.3 Å². The van der Waals surface area contributed by atoms with Gasteiger partial charge in [-0.3, -0.25) is 0 Å². The van der Waals surface area contributed by atoms with Crippen molar-refractivity contribution < 1.29 is 38.4 Å². The third-order valence-corrected chi connectivity index (χ3v) is 3.24. The SMILES string of the molecule is C=C(C)C(=O)OC(C)COc1nc(OCC(C)O)nc(OCC(C)OC(=O)C(=C)C)n1. The molecule has 0 aliphatic carbocycles. The zero-order chi connectivity index (χ0) is 23.6. The molecule has 0 aliphatic heterocycles. The first-order chi connectivity index (χ1) is 14.5. The number of carbonyl (C=O) groups is 2. The number of aliphatic hydroxyl groups excluding tert-OH is 1. The van der Waals surface area contributed by atoms with Crippen LogP contribution in [0.25, 0.3) is 0 Å². The van der Waals surface area contributed by atoms with Gasteiger partial charge in [0.1, 0.15) is 32.0 Å². The van der Waals surface area contributed by atoms with Gasteiger partial charge in [0.05, 0.1) is 6.10 Å². The van der Waals surface area contributed by atoms with Gasteiger partial charge < -0.3 is 28.8 Å². The van der Waals surface area contributed by atoms with Crippen molar-refractivity contribution in [2.75, 3.05) is 19.8 Å². The Kier molecular flexibility index (Phi) is 10.4. The van der Waals surface area contributed by atoms with E-state index in [1.807, 2.05) is 0 Å². The summed E-state index contributed by atoms with van der Waals surface area (Å²) in [5.41, 5.74) is 0.524. The lowest BCUT2D eigenvalue weighted by atomic mass is 10.3. The molecule has 3 unspecified atom stereocenters. The smallest absolute Gasteiger partial charge is 0.333 e. The van der Waals surface area contributed by atoms with Crippen LogP contribution in [-0.2, 0) is 19.1 Å². The molecule has 1 rings (SSSR count). The first-order valence-corrected chi connectivity index (χ1v) is 9.53. The number of esters is 2. The number of nitrogens with zero attached hydrogens (tertiary/aromatic N) is 3. The normalized spacial score (nSPS) is 13.4. The standard InChI is InChI=1S/C20H29N3O8/c1-11(2)16(25)30-14(6)9-28-19-21-18(27-8-13(5)24)22-20(23-19)29-10-15(7)31-17(26)12(3)4/h13-15,24H,1,3,8-10H2,2,4-7H3. The molecule has 172 valence electrons. The molecule has 1 heterocycles. The van der Waals surface area contributed by atoms with Crippen LogP contribution in [-0.4, -0.2) is 70.1 Å². The Bertz CT molecular complexity index is 740. The van der Waals surface area contributed by atoms with Crippen molar-refractivity contribution >= 4 is 11.9 Å². The average molecular weight is 439 g/mol. The second kappa shape index (κ2) is 12.5. The van der Waals surface area contributed by atoms with Crippen molar-refractivity contribution in [2.24, 2.45) is 0 Å². The van der Waals surface area contributed by atoms with E-state index in [1.54, 1.807) is 13.8 Å². The summed E-state index contributed by atoms with van der Waals surface area (Å²) in [5, 5.41) is 9.39. The first-order valence-electron chi connectivity index (χ1n) is 9.53. The molecule has 11 nitrogen and oxygen atoms in total. The van der Waals surface area contributed by atoms with Crippen LogP contribution in [0.3, 0.4) is 0 Å². The van der Waals surface area contributed by atoms with Gasteiger partial charge in [0.25, 0.3) is 0 Å². The molecule has 1 N–H and O–H groups in total. The quantitative estimate of drug-likeness (QED) is 0.352. The number of hydrogen-bond donors (Lipinski definition) is 1. The van der Waals surface area contributed by atoms with Crippen LogP contribution in [0.5, 0.6) is 18.0 Å². The molecule has 11 heteroatoms. The number of aliphatic hydroxyl groups is 1. The van der Waals surface area contributed by atoms with Crippen LogP contribution >= 0.6 is 0 Å². The highest BCUT2D eigenvalue weighted by Crippen LogP contribution is 2.16.